The summed E-state index contributed by atoms with van der Waals surface area (Å²) in [6.45, 7) is 47.4. The molecule has 4 fully saturated rings. The van der Waals surface area contributed by atoms with Crippen molar-refractivity contribution >= 4 is 79.6 Å². The van der Waals surface area contributed by atoms with Crippen LogP contribution in [-0.2, 0) is 32.5 Å². The van der Waals surface area contributed by atoms with E-state index in [1.165, 1.54) is 19.3 Å². The summed E-state index contributed by atoms with van der Waals surface area (Å²) in [5, 5.41) is 10.9. The van der Waals surface area contributed by atoms with E-state index in [9.17, 15) is 0 Å². The van der Waals surface area contributed by atoms with Crippen LogP contribution >= 0.6 is 0 Å². The molecule has 6 heteroatoms. The van der Waals surface area contributed by atoms with Gasteiger partial charge in [0.2, 0.25) is 0 Å². The molecule has 0 atom stereocenters. The van der Waals surface area contributed by atoms with Crippen molar-refractivity contribution in [3.63, 3.8) is 0 Å². The van der Waals surface area contributed by atoms with Crippen molar-refractivity contribution in [1.82, 2.24) is 0 Å². The van der Waals surface area contributed by atoms with Gasteiger partial charge in [-0.2, -0.15) is 0 Å². The molecule has 0 heterocycles. The van der Waals surface area contributed by atoms with E-state index in [4.69, 9.17) is 0 Å². The lowest BCUT2D eigenvalue weighted by molar-refractivity contribution is 0.147. The Morgan fingerprint density at radius 2 is 0.373 bits per heavy atom. The maximum Gasteiger partial charge on any atom is 0.0774 e. The molecule has 3 aromatic carbocycles. The van der Waals surface area contributed by atoms with E-state index in [1.54, 1.807) is 0 Å². The van der Waals surface area contributed by atoms with Crippen LogP contribution in [0.15, 0.2) is 36.4 Å². The number of rotatable bonds is 6. The summed E-state index contributed by atoms with van der Waals surface area (Å²) in [7, 11) is -9.19. The van der Waals surface area contributed by atoms with Gasteiger partial charge < -0.3 is 0 Å². The molecule has 3 aromatic rings. The fourth-order valence-corrected chi connectivity index (χ4v) is 30.4. The van der Waals surface area contributed by atoms with Crippen LogP contribution in [0, 0.1) is 0 Å². The lowest BCUT2D eigenvalue weighted by Crippen LogP contribution is -2.71. The summed E-state index contributed by atoms with van der Waals surface area (Å²) >= 11 is 0. The van der Waals surface area contributed by atoms with Crippen molar-refractivity contribution < 1.29 is 0 Å². The first-order chi connectivity index (χ1) is 23.0. The van der Waals surface area contributed by atoms with Gasteiger partial charge in [-0.05, 0) is 52.6 Å². The number of hydrogen-bond acceptors (Lipinski definition) is 0. The molecule has 4 saturated carbocycles. The highest BCUT2D eigenvalue weighted by Crippen LogP contribution is 3.12. The van der Waals surface area contributed by atoms with E-state index in [1.807, 2.05) is 64.5 Å². The highest BCUT2D eigenvalue weighted by molar-refractivity contribution is 7.00. The summed E-state index contributed by atoms with van der Waals surface area (Å²) in [5.74, 6) is 0. The van der Waals surface area contributed by atoms with Crippen LogP contribution in [0.5, 0.6) is 0 Å². The minimum Gasteiger partial charge on any atom is -0.0656 e. The zero-order valence-electron chi connectivity index (χ0n) is 35.6. The molecule has 7 aliphatic rings. The standard InChI is InChI=1S/C45H66Si6/c1-46(2,3)34-19-28-29(20-35(34)47(4,5)6)41-26-43(41)32-23-38(50(13,14)15)39(51(16,17)18)24-33(32)45(43)27-44(45)31-22-37(49(10,11)12)36(48(7,8)9)21-30(31)42(44)25-40(28,41)42/h19-24H,25-27H2,1-18H3. The first-order valence-electron chi connectivity index (χ1n) is 20.6. The molecule has 0 saturated heterocycles. The van der Waals surface area contributed by atoms with Gasteiger partial charge in [-0.1, -0.05) is 185 Å². The summed E-state index contributed by atoms with van der Waals surface area (Å²) in [4.78, 5) is 0. The average molecular weight is 776 g/mol. The smallest absolute Gasteiger partial charge is 0.0656 e. The van der Waals surface area contributed by atoms with Gasteiger partial charge in [0.25, 0.3) is 0 Å². The van der Waals surface area contributed by atoms with Gasteiger partial charge in [-0.3, -0.25) is 0 Å². The Hall–Kier alpha value is -1.04. The topological polar surface area (TPSA) is 0 Å². The summed E-state index contributed by atoms with van der Waals surface area (Å²) in [6, 6.07) is 17.5. The molecular weight excluding hydrogens is 709 g/mol. The molecule has 0 aromatic heterocycles. The quantitative estimate of drug-likeness (QED) is 0.223. The molecule has 0 nitrogen and oxygen atoms in total. The molecule has 10 rings (SSSR count). The third-order valence-corrected chi connectivity index (χ3v) is 29.6. The van der Waals surface area contributed by atoms with Crippen LogP contribution in [0.1, 0.15) is 52.6 Å². The number of benzene rings is 3. The minimum atomic E-state index is -1.53. The molecule has 6 spiro atoms. The third-order valence-electron chi connectivity index (χ3n) is 16.7. The lowest BCUT2D eigenvalue weighted by atomic mass is 9.36. The second-order valence-corrected chi connectivity index (χ2v) is 55.5. The van der Waals surface area contributed by atoms with Crippen LogP contribution in [0.2, 0.25) is 118 Å². The SMILES string of the molecule is C[Si](C)(C)c1cc2c(cc1[Si](C)(C)C)C13CC14c1cc([Si](C)(C)C)c([Si](C)(C)C)cc1C41CC14c1cc([Si](C)(C)C)c([Si](C)(C)C)cc1C41CC213. The van der Waals surface area contributed by atoms with E-state index in [0.29, 0.717) is 32.5 Å². The Morgan fingerprint density at radius 3 is 0.471 bits per heavy atom. The maximum absolute atomic E-state index is 2.92. The zero-order valence-corrected chi connectivity index (χ0v) is 41.6. The van der Waals surface area contributed by atoms with Crippen molar-refractivity contribution in [2.45, 2.75) is 170 Å². The molecule has 270 valence electrons. The second-order valence-electron chi connectivity index (χ2n) is 25.3. The first kappa shape index (κ1) is 34.5. The largest absolute Gasteiger partial charge is 0.0774 e. The highest BCUT2D eigenvalue weighted by atomic mass is 28.3. The molecule has 0 aliphatic heterocycles. The zero-order chi connectivity index (χ0) is 37.3. The van der Waals surface area contributed by atoms with Gasteiger partial charge >= 0.3 is 0 Å². The van der Waals surface area contributed by atoms with Crippen molar-refractivity contribution in [2.75, 3.05) is 0 Å². The van der Waals surface area contributed by atoms with Gasteiger partial charge in [0.05, 0.1) is 48.4 Å². The van der Waals surface area contributed by atoms with E-state index in [-0.39, 0.29) is 0 Å². The monoisotopic (exact) mass is 774 g/mol. The summed E-state index contributed by atoms with van der Waals surface area (Å²) < 4.78 is 0. The van der Waals surface area contributed by atoms with Crippen LogP contribution in [-0.4, -0.2) is 48.4 Å². The first-order valence-corrected chi connectivity index (χ1v) is 41.6. The average Bonchev–Trinajstić information content (AvgIpc) is 3.84. The van der Waals surface area contributed by atoms with Crippen LogP contribution in [0.4, 0.5) is 0 Å². The van der Waals surface area contributed by atoms with Gasteiger partial charge in [-0.15, -0.1) is 0 Å². The fraction of sp³-hybridized carbons (Fsp3) is 0.600. The third kappa shape index (κ3) is 3.16. The van der Waals surface area contributed by atoms with Crippen molar-refractivity contribution in [2.24, 2.45) is 0 Å². The van der Waals surface area contributed by atoms with Crippen molar-refractivity contribution in [3.8, 4) is 0 Å². The van der Waals surface area contributed by atoms with Crippen molar-refractivity contribution in [1.29, 1.82) is 0 Å². The lowest BCUT2D eigenvalue weighted by Gasteiger charge is -2.66. The molecule has 0 bridgehead atoms. The van der Waals surface area contributed by atoms with Gasteiger partial charge in [0.15, 0.2) is 0 Å². The maximum atomic E-state index is 2.92. The van der Waals surface area contributed by atoms with Crippen LogP contribution in [0.3, 0.4) is 0 Å². The Morgan fingerprint density at radius 1 is 0.255 bits per heavy atom. The molecule has 51 heavy (non-hydrogen) atoms. The molecular formula is C45H66Si6. The summed E-state index contributed by atoms with van der Waals surface area (Å²) in [5.41, 5.74) is 13.3. The molecule has 0 radical (unpaired) electrons. The Bertz CT molecular complexity index is 1800. The van der Waals surface area contributed by atoms with Gasteiger partial charge in [-0.25, -0.2) is 0 Å². The van der Waals surface area contributed by atoms with E-state index in [0.717, 1.165) is 0 Å². The summed E-state index contributed by atoms with van der Waals surface area (Å²) in [6.07, 6.45) is 4.32. The highest BCUT2D eigenvalue weighted by Gasteiger charge is 3.14. The predicted octanol–water partition coefficient (Wildman–Crippen LogP) is 8.05. The number of fused-ring (bicyclic) bond motifs is 3. The van der Waals surface area contributed by atoms with Crippen LogP contribution in [0.25, 0.3) is 0 Å². The molecule has 0 N–H and O–H groups in total. The van der Waals surface area contributed by atoms with Gasteiger partial charge in [0, 0.05) is 32.5 Å². The van der Waals surface area contributed by atoms with Gasteiger partial charge in [0.1, 0.15) is 0 Å². The normalized spacial score (nSPS) is 35.9. The Balaban J connectivity index is 1.32. The van der Waals surface area contributed by atoms with E-state index < -0.39 is 48.4 Å². The Labute approximate surface area is 317 Å². The minimum absolute atomic E-state index is 0.362. The van der Waals surface area contributed by atoms with Crippen molar-refractivity contribution in [3.05, 3.63) is 69.8 Å². The molecule has 7 aliphatic carbocycles. The van der Waals surface area contributed by atoms with E-state index in [2.05, 4.69) is 154 Å². The van der Waals surface area contributed by atoms with Crippen LogP contribution < -0.4 is 31.1 Å². The predicted molar refractivity (Wildman–Crippen MR) is 241 cm³/mol. The number of hydrogen-bond donors (Lipinski definition) is 0. The Kier molecular flexibility index (Phi) is 5.66. The second kappa shape index (κ2) is 8.38. The van der Waals surface area contributed by atoms with E-state index >= 15 is 0 Å². The fourth-order valence-electron chi connectivity index (χ4n) is 14.9. The molecule has 0 amide bonds. The molecule has 0 unspecified atom stereocenters.